The lowest BCUT2D eigenvalue weighted by Crippen LogP contribution is -2.61. The minimum Gasteiger partial charge on any atom is -0.481 e. The summed E-state index contributed by atoms with van der Waals surface area (Å²) in [7, 11) is 0. The highest BCUT2D eigenvalue weighted by atomic mass is 32.2. The quantitative estimate of drug-likeness (QED) is 0.0677. The smallest absolute Gasteiger partial charge is 0.322 e. The maximum atomic E-state index is 14.8. The number of likely N-dealkylation sites (tertiary alicyclic amines) is 1. The van der Waals surface area contributed by atoms with E-state index >= 15 is 0 Å². The summed E-state index contributed by atoms with van der Waals surface area (Å²) in [5.74, 6) is -7.77. The summed E-state index contributed by atoms with van der Waals surface area (Å²) in [6, 6.07) is -5.75. The first-order chi connectivity index (χ1) is 27.4. The van der Waals surface area contributed by atoms with Crippen molar-refractivity contribution in [2.75, 3.05) is 31.1 Å². The van der Waals surface area contributed by atoms with Crippen LogP contribution in [0.25, 0.3) is 0 Å². The average molecular weight is 856 g/mol. The van der Waals surface area contributed by atoms with E-state index in [4.69, 9.17) is 10.2 Å². The topological polar surface area (TPSA) is 287 Å². The Balaban J connectivity index is 1.82. The Morgan fingerprint density at radius 3 is 2.00 bits per heavy atom. The van der Waals surface area contributed by atoms with E-state index in [-0.39, 0.29) is 31.7 Å². The SMILES string of the molecule is CCCC(NC(=O)[C@@H]1CC2(CN1C(=O)[C@@H](NC(=O)C(NC(=O)CNC(=O)C(CCC(=O)O)NC(C)=O)C(C)C)C1CCCCC1)SCCS2)C(=O)C(=O)NCC(=O)O. The van der Waals surface area contributed by atoms with Gasteiger partial charge in [-0.05, 0) is 37.5 Å². The van der Waals surface area contributed by atoms with Crippen LogP contribution in [0.5, 0.6) is 0 Å². The van der Waals surface area contributed by atoms with Crippen molar-refractivity contribution in [2.45, 2.75) is 126 Å². The Hall–Kier alpha value is -4.40. The van der Waals surface area contributed by atoms with E-state index in [1.807, 2.05) is 5.32 Å². The summed E-state index contributed by atoms with van der Waals surface area (Å²) in [5.41, 5.74) is 0. The van der Waals surface area contributed by atoms with Crippen LogP contribution in [0.2, 0.25) is 0 Å². The van der Waals surface area contributed by atoms with Crippen LogP contribution in [0.4, 0.5) is 0 Å². The molecule has 3 fully saturated rings. The molecule has 1 spiro atoms. The van der Waals surface area contributed by atoms with Crippen LogP contribution < -0.4 is 31.9 Å². The zero-order valence-corrected chi connectivity index (χ0v) is 35.0. The van der Waals surface area contributed by atoms with Crippen LogP contribution in [-0.2, 0) is 47.9 Å². The molecule has 3 aliphatic rings. The zero-order valence-electron chi connectivity index (χ0n) is 33.4. The van der Waals surface area contributed by atoms with Crippen molar-refractivity contribution in [3.8, 4) is 0 Å². The molecule has 324 valence electrons. The molecule has 2 saturated heterocycles. The predicted molar refractivity (Wildman–Crippen MR) is 213 cm³/mol. The van der Waals surface area contributed by atoms with Gasteiger partial charge in [0.05, 0.1) is 16.7 Å². The Bertz CT molecular complexity index is 1570. The molecular weight excluding hydrogens is 799 g/mol. The molecule has 19 nitrogen and oxygen atoms in total. The molecule has 0 aromatic rings. The lowest BCUT2D eigenvalue weighted by atomic mass is 9.83. The third-order valence-electron chi connectivity index (χ3n) is 10.2. The van der Waals surface area contributed by atoms with Crippen LogP contribution in [0.15, 0.2) is 0 Å². The van der Waals surface area contributed by atoms with Gasteiger partial charge in [-0.1, -0.05) is 46.5 Å². The number of thioether (sulfide) groups is 2. The van der Waals surface area contributed by atoms with Gasteiger partial charge in [0, 0.05) is 37.8 Å². The van der Waals surface area contributed by atoms with Gasteiger partial charge in [0.1, 0.15) is 30.7 Å². The number of hydrogen-bond donors (Lipinski definition) is 8. The van der Waals surface area contributed by atoms with Gasteiger partial charge in [0.15, 0.2) is 0 Å². The molecule has 1 saturated carbocycles. The molecule has 2 heterocycles. The number of amides is 7. The van der Waals surface area contributed by atoms with Crippen molar-refractivity contribution in [1.82, 2.24) is 36.8 Å². The van der Waals surface area contributed by atoms with Gasteiger partial charge in [-0.2, -0.15) is 0 Å². The highest BCUT2D eigenvalue weighted by molar-refractivity contribution is 8.21. The number of carboxylic acid groups (broad SMARTS) is 2. The summed E-state index contributed by atoms with van der Waals surface area (Å²) < 4.78 is -0.520. The first-order valence-corrected chi connectivity index (χ1v) is 21.6. The van der Waals surface area contributed by atoms with Crippen LogP contribution in [0, 0.1) is 11.8 Å². The van der Waals surface area contributed by atoms with E-state index in [0.29, 0.717) is 19.3 Å². The summed E-state index contributed by atoms with van der Waals surface area (Å²) in [5, 5.41) is 32.9. The second-order valence-corrected chi connectivity index (χ2v) is 18.4. The molecule has 0 aromatic carbocycles. The number of carbonyl (C=O) groups is 10. The van der Waals surface area contributed by atoms with Crippen molar-refractivity contribution < 1.29 is 58.2 Å². The van der Waals surface area contributed by atoms with Crippen LogP contribution in [0.1, 0.15) is 91.9 Å². The van der Waals surface area contributed by atoms with Crippen molar-refractivity contribution in [3.63, 3.8) is 0 Å². The Labute approximate surface area is 345 Å². The van der Waals surface area contributed by atoms with Gasteiger partial charge in [-0.3, -0.25) is 47.9 Å². The number of aliphatic carboxylic acids is 2. The van der Waals surface area contributed by atoms with Crippen LogP contribution in [-0.4, -0.2) is 140 Å². The van der Waals surface area contributed by atoms with E-state index in [9.17, 15) is 47.9 Å². The molecule has 2 aliphatic heterocycles. The monoisotopic (exact) mass is 855 g/mol. The minimum absolute atomic E-state index is 0.0910. The van der Waals surface area contributed by atoms with Gasteiger partial charge in [0.2, 0.25) is 41.2 Å². The molecule has 58 heavy (non-hydrogen) atoms. The van der Waals surface area contributed by atoms with Gasteiger partial charge in [-0.15, -0.1) is 23.5 Å². The predicted octanol–water partition coefficient (Wildman–Crippen LogP) is -0.490. The van der Waals surface area contributed by atoms with E-state index in [1.165, 1.54) is 4.90 Å². The summed E-state index contributed by atoms with van der Waals surface area (Å²) >= 11 is 3.25. The summed E-state index contributed by atoms with van der Waals surface area (Å²) in [6.45, 7) is 5.11. The number of rotatable bonds is 21. The molecule has 1 aliphatic carbocycles. The van der Waals surface area contributed by atoms with Gasteiger partial charge < -0.3 is 47.0 Å². The first kappa shape index (κ1) is 48.0. The van der Waals surface area contributed by atoms with E-state index in [1.54, 1.807) is 44.3 Å². The van der Waals surface area contributed by atoms with Gasteiger partial charge in [-0.25, -0.2) is 0 Å². The molecule has 21 heteroatoms. The molecule has 3 rings (SSSR count). The fourth-order valence-electron chi connectivity index (χ4n) is 7.34. The maximum absolute atomic E-state index is 14.8. The number of nitrogens with one attached hydrogen (secondary N) is 6. The van der Waals surface area contributed by atoms with Crippen molar-refractivity contribution in [2.24, 2.45) is 11.8 Å². The number of Topliss-reactive ketones (excluding diaryl/α,β-unsaturated/α-hetero) is 1. The molecule has 7 amide bonds. The molecule has 3 unspecified atom stereocenters. The van der Waals surface area contributed by atoms with Crippen molar-refractivity contribution in [3.05, 3.63) is 0 Å². The largest absolute Gasteiger partial charge is 0.481 e. The molecule has 8 N–H and O–H groups in total. The van der Waals surface area contributed by atoms with E-state index in [2.05, 4.69) is 26.6 Å². The van der Waals surface area contributed by atoms with Crippen molar-refractivity contribution >= 4 is 82.6 Å². The van der Waals surface area contributed by atoms with Gasteiger partial charge >= 0.3 is 11.9 Å². The molecule has 0 bridgehead atoms. The third kappa shape index (κ3) is 14.2. The van der Waals surface area contributed by atoms with Crippen LogP contribution in [0.3, 0.4) is 0 Å². The lowest BCUT2D eigenvalue weighted by Gasteiger charge is -2.36. The second-order valence-electron chi connectivity index (χ2n) is 15.2. The average Bonchev–Trinajstić information content (AvgIpc) is 3.80. The molecule has 5 atom stereocenters. The Morgan fingerprint density at radius 2 is 1.43 bits per heavy atom. The summed E-state index contributed by atoms with van der Waals surface area (Å²) in [6.07, 6.45) is 3.94. The number of hydrogen-bond acceptors (Lipinski definition) is 12. The van der Waals surface area contributed by atoms with Crippen LogP contribution >= 0.6 is 23.5 Å². The van der Waals surface area contributed by atoms with E-state index in [0.717, 1.165) is 37.7 Å². The van der Waals surface area contributed by atoms with E-state index < -0.39 is 119 Å². The highest BCUT2D eigenvalue weighted by Gasteiger charge is 2.53. The Morgan fingerprint density at radius 1 is 0.776 bits per heavy atom. The third-order valence-corrected chi connectivity index (χ3v) is 13.7. The fourth-order valence-corrected chi connectivity index (χ4v) is 10.6. The summed E-state index contributed by atoms with van der Waals surface area (Å²) in [4.78, 5) is 129. The first-order valence-electron chi connectivity index (χ1n) is 19.7. The normalized spacial score (nSPS) is 19.6. The molecular formula is C37H57N7O12S2. The molecule has 0 aromatic heterocycles. The Kier molecular flexibility index (Phi) is 18.7. The number of nitrogens with zero attached hydrogens (tertiary/aromatic N) is 1. The number of ketones is 1. The van der Waals surface area contributed by atoms with Gasteiger partial charge in [0.25, 0.3) is 5.91 Å². The highest BCUT2D eigenvalue weighted by Crippen LogP contribution is 2.52. The van der Waals surface area contributed by atoms with Crippen molar-refractivity contribution in [1.29, 1.82) is 0 Å². The molecule has 0 radical (unpaired) electrons. The standard InChI is InChI=1S/C37H57N7O12S2/c1-5-9-23(31(51)35(55)39-18-28(49)50)41-33(53)25-16-37(57-14-15-58-37)19-44(25)36(56)30(22-10-7-6-8-11-22)43-34(54)29(20(2)3)42-26(46)17-38-32(52)24(40-21(4)45)12-13-27(47)48/h20,22-25,29-30H,5-19H2,1-4H3,(H,38,52)(H,39,55)(H,40,45)(H,41,53)(H,42,46)(H,43,54)(H,47,48)(H,49,50)/t23?,24?,25-,29?,30-/m0/s1. The zero-order chi connectivity index (χ0) is 43.2. The fraction of sp³-hybridized carbons (Fsp3) is 0.730. The lowest BCUT2D eigenvalue weighted by molar-refractivity contribution is -0.145. The minimum atomic E-state index is -1.34. The number of carboxylic acids is 2. The number of carbonyl (C=O) groups excluding carboxylic acids is 8. The second kappa shape index (κ2) is 22.7. The maximum Gasteiger partial charge on any atom is 0.322 e.